The SMILES string of the molecule is Cc1cccc2nc(Cl)c3[nH]ncc3c12. The van der Waals surface area contributed by atoms with Crippen LogP contribution in [0.15, 0.2) is 24.4 Å². The van der Waals surface area contributed by atoms with Crippen molar-refractivity contribution in [3.8, 4) is 0 Å². The summed E-state index contributed by atoms with van der Waals surface area (Å²) in [5, 5.41) is 9.49. The fourth-order valence-electron chi connectivity index (χ4n) is 1.89. The number of aryl methyl sites for hydroxylation is 1. The molecule has 0 aliphatic rings. The zero-order valence-electron chi connectivity index (χ0n) is 8.08. The van der Waals surface area contributed by atoms with Gasteiger partial charge in [-0.05, 0) is 18.6 Å². The molecule has 0 aliphatic carbocycles. The highest BCUT2D eigenvalue weighted by atomic mass is 35.5. The van der Waals surface area contributed by atoms with Crippen LogP contribution in [0.1, 0.15) is 5.56 Å². The Bertz CT molecular complexity index is 657. The number of halogens is 1. The van der Waals surface area contributed by atoms with E-state index in [0.717, 1.165) is 21.8 Å². The lowest BCUT2D eigenvalue weighted by molar-refractivity contribution is 1.12. The smallest absolute Gasteiger partial charge is 0.155 e. The molecule has 2 heterocycles. The van der Waals surface area contributed by atoms with Crippen LogP contribution < -0.4 is 0 Å². The van der Waals surface area contributed by atoms with Gasteiger partial charge in [-0.1, -0.05) is 23.7 Å². The van der Waals surface area contributed by atoms with Crippen molar-refractivity contribution in [1.82, 2.24) is 15.2 Å². The summed E-state index contributed by atoms with van der Waals surface area (Å²) >= 11 is 6.05. The molecular formula is C11H8ClN3. The molecule has 3 rings (SSSR count). The Balaban J connectivity index is 2.68. The van der Waals surface area contributed by atoms with Crippen molar-refractivity contribution in [2.45, 2.75) is 6.92 Å². The van der Waals surface area contributed by atoms with Gasteiger partial charge in [-0.3, -0.25) is 5.10 Å². The van der Waals surface area contributed by atoms with Crippen LogP contribution in [-0.2, 0) is 0 Å². The van der Waals surface area contributed by atoms with Crippen molar-refractivity contribution < 1.29 is 0 Å². The Morgan fingerprint density at radius 1 is 1.33 bits per heavy atom. The van der Waals surface area contributed by atoms with E-state index in [0.29, 0.717) is 5.15 Å². The third-order valence-corrected chi connectivity index (χ3v) is 2.86. The van der Waals surface area contributed by atoms with Crippen LogP contribution in [0, 0.1) is 6.92 Å². The van der Waals surface area contributed by atoms with Crippen molar-refractivity contribution in [3.63, 3.8) is 0 Å². The van der Waals surface area contributed by atoms with Crippen molar-refractivity contribution in [1.29, 1.82) is 0 Å². The minimum Gasteiger partial charge on any atom is -0.275 e. The number of nitrogens with one attached hydrogen (secondary N) is 1. The molecule has 4 heteroatoms. The number of pyridine rings is 1. The highest BCUT2D eigenvalue weighted by Crippen LogP contribution is 2.29. The van der Waals surface area contributed by atoms with Gasteiger partial charge >= 0.3 is 0 Å². The highest BCUT2D eigenvalue weighted by molar-refractivity contribution is 6.35. The fraction of sp³-hybridized carbons (Fsp3) is 0.0909. The molecule has 0 atom stereocenters. The quantitative estimate of drug-likeness (QED) is 0.588. The maximum Gasteiger partial charge on any atom is 0.155 e. The van der Waals surface area contributed by atoms with E-state index in [2.05, 4.69) is 28.2 Å². The van der Waals surface area contributed by atoms with E-state index in [-0.39, 0.29) is 0 Å². The van der Waals surface area contributed by atoms with Gasteiger partial charge < -0.3 is 0 Å². The molecule has 0 amide bonds. The van der Waals surface area contributed by atoms with Crippen molar-refractivity contribution in [3.05, 3.63) is 35.1 Å². The second-order valence-electron chi connectivity index (χ2n) is 3.53. The van der Waals surface area contributed by atoms with Crippen LogP contribution >= 0.6 is 11.6 Å². The maximum absolute atomic E-state index is 6.05. The summed E-state index contributed by atoms with van der Waals surface area (Å²) in [6.45, 7) is 2.06. The zero-order chi connectivity index (χ0) is 10.4. The Kier molecular flexibility index (Phi) is 1.70. The Morgan fingerprint density at radius 2 is 2.20 bits per heavy atom. The first-order valence-electron chi connectivity index (χ1n) is 4.65. The molecule has 3 nitrogen and oxygen atoms in total. The number of hydrogen-bond donors (Lipinski definition) is 1. The topological polar surface area (TPSA) is 41.6 Å². The van der Waals surface area contributed by atoms with Gasteiger partial charge in [0, 0.05) is 10.8 Å². The molecule has 15 heavy (non-hydrogen) atoms. The van der Waals surface area contributed by atoms with Crippen LogP contribution in [0.25, 0.3) is 21.8 Å². The minimum absolute atomic E-state index is 0.473. The molecule has 1 aromatic carbocycles. The second-order valence-corrected chi connectivity index (χ2v) is 3.89. The number of fused-ring (bicyclic) bond motifs is 3. The lowest BCUT2D eigenvalue weighted by Gasteiger charge is -2.03. The lowest BCUT2D eigenvalue weighted by Crippen LogP contribution is -1.85. The van der Waals surface area contributed by atoms with Crippen molar-refractivity contribution in [2.75, 3.05) is 0 Å². The number of nitrogens with zero attached hydrogens (tertiary/aromatic N) is 2. The van der Waals surface area contributed by atoms with Crippen LogP contribution in [0.4, 0.5) is 0 Å². The van der Waals surface area contributed by atoms with E-state index in [1.165, 1.54) is 5.56 Å². The second kappa shape index (κ2) is 2.94. The zero-order valence-corrected chi connectivity index (χ0v) is 8.84. The number of aromatic nitrogens is 3. The standard InChI is InChI=1S/C11H8ClN3/c1-6-3-2-4-8-9(6)7-5-13-15-10(7)11(12)14-8/h2-5H,1H3,(H,13,15). The van der Waals surface area contributed by atoms with Gasteiger partial charge in [-0.25, -0.2) is 4.98 Å². The monoisotopic (exact) mass is 217 g/mol. The van der Waals surface area contributed by atoms with Gasteiger partial charge in [0.1, 0.15) is 5.52 Å². The molecular weight excluding hydrogens is 210 g/mol. The summed E-state index contributed by atoms with van der Waals surface area (Å²) in [7, 11) is 0. The van der Waals surface area contributed by atoms with Gasteiger partial charge in [0.25, 0.3) is 0 Å². The average molecular weight is 218 g/mol. The fourth-order valence-corrected chi connectivity index (χ4v) is 2.13. The predicted octanol–water partition coefficient (Wildman–Crippen LogP) is 3.07. The van der Waals surface area contributed by atoms with Gasteiger partial charge in [-0.15, -0.1) is 0 Å². The van der Waals surface area contributed by atoms with Crippen LogP contribution in [0.5, 0.6) is 0 Å². The van der Waals surface area contributed by atoms with E-state index in [4.69, 9.17) is 11.6 Å². The number of aromatic amines is 1. The maximum atomic E-state index is 6.05. The van der Waals surface area contributed by atoms with Gasteiger partial charge in [0.05, 0.1) is 11.7 Å². The Morgan fingerprint density at radius 3 is 3.07 bits per heavy atom. The number of rotatable bonds is 0. The van der Waals surface area contributed by atoms with E-state index in [1.54, 1.807) is 6.20 Å². The summed E-state index contributed by atoms with van der Waals surface area (Å²) in [5.74, 6) is 0. The third kappa shape index (κ3) is 1.13. The predicted molar refractivity (Wildman–Crippen MR) is 61.1 cm³/mol. The molecule has 0 spiro atoms. The summed E-state index contributed by atoms with van der Waals surface area (Å²) in [5.41, 5.74) is 2.90. The molecule has 0 bridgehead atoms. The molecule has 0 fully saturated rings. The van der Waals surface area contributed by atoms with Gasteiger partial charge in [0.2, 0.25) is 0 Å². The summed E-state index contributed by atoms with van der Waals surface area (Å²) < 4.78 is 0. The van der Waals surface area contributed by atoms with E-state index < -0.39 is 0 Å². The minimum atomic E-state index is 0.473. The Labute approximate surface area is 91.1 Å². The molecule has 1 N–H and O–H groups in total. The van der Waals surface area contributed by atoms with Crippen molar-refractivity contribution >= 4 is 33.4 Å². The first-order chi connectivity index (χ1) is 7.27. The molecule has 0 saturated carbocycles. The molecule has 74 valence electrons. The normalized spacial score (nSPS) is 11.3. The number of hydrogen-bond acceptors (Lipinski definition) is 2. The lowest BCUT2D eigenvalue weighted by atomic mass is 10.1. The summed E-state index contributed by atoms with van der Waals surface area (Å²) in [4.78, 5) is 4.33. The van der Waals surface area contributed by atoms with Gasteiger partial charge in [-0.2, -0.15) is 5.10 Å². The van der Waals surface area contributed by atoms with Crippen molar-refractivity contribution in [2.24, 2.45) is 0 Å². The molecule has 0 saturated heterocycles. The first-order valence-corrected chi connectivity index (χ1v) is 5.03. The summed E-state index contributed by atoms with van der Waals surface area (Å²) in [6.07, 6.45) is 1.79. The molecule has 0 aliphatic heterocycles. The van der Waals surface area contributed by atoms with E-state index >= 15 is 0 Å². The summed E-state index contributed by atoms with van der Waals surface area (Å²) in [6, 6.07) is 6.00. The van der Waals surface area contributed by atoms with Crippen LogP contribution in [-0.4, -0.2) is 15.2 Å². The molecule has 3 aromatic rings. The first kappa shape index (κ1) is 8.68. The average Bonchev–Trinajstić information content (AvgIpc) is 2.66. The molecule has 2 aromatic heterocycles. The third-order valence-electron chi connectivity index (χ3n) is 2.58. The van der Waals surface area contributed by atoms with E-state index in [1.807, 2.05) is 12.1 Å². The van der Waals surface area contributed by atoms with Crippen LogP contribution in [0.3, 0.4) is 0 Å². The Hall–Kier alpha value is -1.61. The molecule has 0 unspecified atom stereocenters. The number of benzene rings is 1. The van der Waals surface area contributed by atoms with E-state index in [9.17, 15) is 0 Å². The highest BCUT2D eigenvalue weighted by Gasteiger charge is 2.09. The number of H-pyrrole nitrogens is 1. The molecule has 0 radical (unpaired) electrons. The van der Waals surface area contributed by atoms with Crippen LogP contribution in [0.2, 0.25) is 5.15 Å². The largest absolute Gasteiger partial charge is 0.275 e. The van der Waals surface area contributed by atoms with Gasteiger partial charge in [0.15, 0.2) is 5.15 Å².